The molecule has 3 aromatic rings. The molecule has 0 spiro atoms. The average Bonchev–Trinajstić information content (AvgIpc) is 3.48. The van der Waals surface area contributed by atoms with Crippen molar-refractivity contribution in [2.24, 2.45) is 0 Å². The monoisotopic (exact) mass is 434 g/mol. The van der Waals surface area contributed by atoms with Crippen molar-refractivity contribution in [1.29, 1.82) is 5.26 Å². The van der Waals surface area contributed by atoms with Gasteiger partial charge in [0.05, 0.1) is 4.90 Å². The number of hydrogen-bond donors (Lipinski definition) is 0. The topological polar surface area (TPSA) is 90.4 Å². The molecule has 0 unspecified atom stereocenters. The number of nitriles is 1. The van der Waals surface area contributed by atoms with Gasteiger partial charge in [-0.25, -0.2) is 8.42 Å². The molecule has 8 heteroatoms. The molecule has 1 fully saturated rings. The fraction of sp³-hybridized carbons (Fsp3) is 0.304. The lowest BCUT2D eigenvalue weighted by atomic mass is 10.0. The molecule has 0 radical (unpaired) electrons. The summed E-state index contributed by atoms with van der Waals surface area (Å²) in [7, 11) is -3.60. The molecule has 1 saturated heterocycles. The van der Waals surface area contributed by atoms with Gasteiger partial charge in [0.25, 0.3) is 0 Å². The Bertz CT molecular complexity index is 1250. The molecule has 158 valence electrons. The fourth-order valence-electron chi connectivity index (χ4n) is 4.24. The van der Waals surface area contributed by atoms with Crippen LogP contribution in [0.15, 0.2) is 57.8 Å². The number of benzene rings is 2. The molecular formula is C23H22N4O3S. The van der Waals surface area contributed by atoms with Gasteiger partial charge < -0.3 is 9.32 Å². The van der Waals surface area contributed by atoms with Crippen LogP contribution in [0, 0.1) is 11.3 Å². The zero-order valence-electron chi connectivity index (χ0n) is 17.0. The second-order valence-electron chi connectivity index (χ2n) is 7.86. The number of rotatable bonds is 4. The van der Waals surface area contributed by atoms with Crippen molar-refractivity contribution < 1.29 is 12.8 Å². The predicted molar refractivity (Wildman–Crippen MR) is 116 cm³/mol. The molecule has 2 aliphatic heterocycles. The lowest BCUT2D eigenvalue weighted by molar-refractivity contribution is 0.391. The zero-order valence-corrected chi connectivity index (χ0v) is 17.8. The molecule has 0 bridgehead atoms. The van der Waals surface area contributed by atoms with Crippen LogP contribution >= 0.6 is 0 Å². The van der Waals surface area contributed by atoms with E-state index in [0.29, 0.717) is 36.8 Å². The Morgan fingerprint density at radius 3 is 2.39 bits per heavy atom. The van der Waals surface area contributed by atoms with Crippen LogP contribution in [-0.4, -0.2) is 37.3 Å². The summed E-state index contributed by atoms with van der Waals surface area (Å²) in [5.41, 5.74) is 3.16. The lowest BCUT2D eigenvalue weighted by Gasteiger charge is -2.28. The summed E-state index contributed by atoms with van der Waals surface area (Å²) < 4.78 is 33.7. The standard InChI is InChI=1S/C23H22N4O3S/c24-15-21-23(26-12-3-4-13-26)30-22(25-21)18-7-9-20(10-8-18)31(28,29)27-14-11-17-5-1-2-6-19(17)16-27/h1-2,5-10H,3-4,11-14,16H2. The summed E-state index contributed by atoms with van der Waals surface area (Å²) in [5.74, 6) is 0.827. The Labute approximate surface area is 181 Å². The number of hydrogen-bond acceptors (Lipinski definition) is 6. The quantitative estimate of drug-likeness (QED) is 0.624. The highest BCUT2D eigenvalue weighted by Gasteiger charge is 2.28. The van der Waals surface area contributed by atoms with E-state index in [2.05, 4.69) is 17.1 Å². The zero-order chi connectivity index (χ0) is 21.4. The highest BCUT2D eigenvalue weighted by molar-refractivity contribution is 7.89. The van der Waals surface area contributed by atoms with E-state index in [1.54, 1.807) is 24.3 Å². The van der Waals surface area contributed by atoms with Gasteiger partial charge in [-0.05, 0) is 54.7 Å². The van der Waals surface area contributed by atoms with Crippen LogP contribution in [0.1, 0.15) is 29.7 Å². The molecule has 0 N–H and O–H groups in total. The highest BCUT2D eigenvalue weighted by Crippen LogP contribution is 2.31. The van der Waals surface area contributed by atoms with Crippen molar-refractivity contribution in [2.75, 3.05) is 24.5 Å². The summed E-state index contributed by atoms with van der Waals surface area (Å²) in [6, 6.07) is 16.6. The van der Waals surface area contributed by atoms with E-state index in [-0.39, 0.29) is 10.6 Å². The highest BCUT2D eigenvalue weighted by atomic mass is 32.2. The first kappa shape index (κ1) is 19.8. The van der Waals surface area contributed by atoms with E-state index in [0.717, 1.165) is 31.5 Å². The van der Waals surface area contributed by atoms with Gasteiger partial charge in [0.2, 0.25) is 27.5 Å². The predicted octanol–water partition coefficient (Wildman–Crippen LogP) is 3.56. The van der Waals surface area contributed by atoms with E-state index in [4.69, 9.17) is 4.42 Å². The maximum absolute atomic E-state index is 13.2. The van der Waals surface area contributed by atoms with E-state index in [9.17, 15) is 13.7 Å². The van der Waals surface area contributed by atoms with Crippen LogP contribution in [0.5, 0.6) is 0 Å². The summed E-state index contributed by atoms with van der Waals surface area (Å²) in [6.07, 6.45) is 2.84. The summed E-state index contributed by atoms with van der Waals surface area (Å²) in [4.78, 5) is 6.59. The van der Waals surface area contributed by atoms with Gasteiger partial charge >= 0.3 is 0 Å². The molecule has 0 amide bonds. The number of sulfonamides is 1. The summed E-state index contributed by atoms with van der Waals surface area (Å²) >= 11 is 0. The van der Waals surface area contributed by atoms with Crippen LogP contribution in [0.4, 0.5) is 5.88 Å². The van der Waals surface area contributed by atoms with Crippen molar-refractivity contribution in [3.05, 3.63) is 65.4 Å². The molecule has 3 heterocycles. The number of nitrogens with zero attached hydrogens (tertiary/aromatic N) is 4. The molecule has 31 heavy (non-hydrogen) atoms. The van der Waals surface area contributed by atoms with Gasteiger partial charge in [0, 0.05) is 31.7 Å². The first-order chi connectivity index (χ1) is 15.1. The number of anilines is 1. The summed E-state index contributed by atoms with van der Waals surface area (Å²) in [6.45, 7) is 2.54. The van der Waals surface area contributed by atoms with Gasteiger partial charge in [-0.2, -0.15) is 14.6 Å². The fourth-order valence-corrected chi connectivity index (χ4v) is 5.66. The van der Waals surface area contributed by atoms with Crippen LogP contribution < -0.4 is 4.90 Å². The first-order valence-corrected chi connectivity index (χ1v) is 11.8. The van der Waals surface area contributed by atoms with E-state index < -0.39 is 10.0 Å². The number of aromatic nitrogens is 1. The third-order valence-electron chi connectivity index (χ3n) is 5.94. The largest absolute Gasteiger partial charge is 0.419 e. The Kier molecular flexibility index (Phi) is 5.00. The Morgan fingerprint density at radius 2 is 1.68 bits per heavy atom. The Hall–Kier alpha value is -3.15. The van der Waals surface area contributed by atoms with E-state index >= 15 is 0 Å². The van der Waals surface area contributed by atoms with Crippen molar-refractivity contribution in [3.8, 4) is 17.5 Å². The van der Waals surface area contributed by atoms with Crippen molar-refractivity contribution in [2.45, 2.75) is 30.7 Å². The third-order valence-corrected chi connectivity index (χ3v) is 7.80. The molecule has 5 rings (SSSR count). The molecule has 0 atom stereocenters. The minimum absolute atomic E-state index is 0.238. The second-order valence-corrected chi connectivity index (χ2v) is 9.80. The number of fused-ring (bicyclic) bond motifs is 1. The molecule has 0 aliphatic carbocycles. The van der Waals surface area contributed by atoms with Gasteiger partial charge in [-0.1, -0.05) is 24.3 Å². The maximum Gasteiger partial charge on any atom is 0.243 e. The van der Waals surface area contributed by atoms with Crippen LogP contribution in [0.3, 0.4) is 0 Å². The van der Waals surface area contributed by atoms with E-state index in [1.807, 2.05) is 23.1 Å². The smallest absolute Gasteiger partial charge is 0.243 e. The van der Waals surface area contributed by atoms with E-state index in [1.165, 1.54) is 9.87 Å². The normalized spacial score (nSPS) is 16.8. The van der Waals surface area contributed by atoms with Crippen molar-refractivity contribution in [1.82, 2.24) is 9.29 Å². The minimum atomic E-state index is -3.60. The van der Waals surface area contributed by atoms with Gasteiger partial charge in [-0.15, -0.1) is 0 Å². The van der Waals surface area contributed by atoms with Crippen molar-refractivity contribution in [3.63, 3.8) is 0 Å². The van der Waals surface area contributed by atoms with Crippen LogP contribution in [0.25, 0.3) is 11.5 Å². The van der Waals surface area contributed by atoms with Crippen molar-refractivity contribution >= 4 is 15.9 Å². The average molecular weight is 435 g/mol. The molecule has 2 aliphatic rings. The first-order valence-electron chi connectivity index (χ1n) is 10.4. The van der Waals surface area contributed by atoms with Gasteiger partial charge in [0.1, 0.15) is 6.07 Å². The molecule has 7 nitrogen and oxygen atoms in total. The molecule has 1 aromatic heterocycles. The number of oxazole rings is 1. The SMILES string of the molecule is N#Cc1nc(-c2ccc(S(=O)(=O)N3CCc4ccccc4C3)cc2)oc1N1CCCC1. The lowest BCUT2D eigenvalue weighted by Crippen LogP contribution is -2.35. The second kappa shape index (κ2) is 7.84. The minimum Gasteiger partial charge on any atom is -0.419 e. The maximum atomic E-state index is 13.2. The Balaban J connectivity index is 1.40. The third kappa shape index (κ3) is 3.60. The Morgan fingerprint density at radius 1 is 0.968 bits per heavy atom. The van der Waals surface area contributed by atoms with Gasteiger partial charge in [-0.3, -0.25) is 0 Å². The summed E-state index contributed by atoms with van der Waals surface area (Å²) in [5, 5.41) is 9.42. The van der Waals surface area contributed by atoms with Crippen LogP contribution in [0.2, 0.25) is 0 Å². The molecular weight excluding hydrogens is 412 g/mol. The van der Waals surface area contributed by atoms with Crippen LogP contribution in [-0.2, 0) is 23.0 Å². The molecule has 2 aromatic carbocycles. The van der Waals surface area contributed by atoms with Gasteiger partial charge in [0.15, 0.2) is 0 Å². The molecule has 0 saturated carbocycles.